The van der Waals surface area contributed by atoms with Gasteiger partial charge in [-0.05, 0) is 59.5 Å². The number of amides is 1. The molecule has 12 heteroatoms. The maximum absolute atomic E-state index is 13.4. The lowest BCUT2D eigenvalue weighted by atomic mass is 9.92. The van der Waals surface area contributed by atoms with Crippen LogP contribution in [0.3, 0.4) is 0 Å². The lowest BCUT2D eigenvalue weighted by Crippen LogP contribution is -2.28. The van der Waals surface area contributed by atoms with E-state index < -0.39 is 15.9 Å². The fourth-order valence-corrected chi connectivity index (χ4v) is 5.61. The lowest BCUT2D eigenvalue weighted by molar-refractivity contribution is -0.119. The van der Waals surface area contributed by atoms with Gasteiger partial charge in [-0.2, -0.15) is 4.98 Å². The topological polar surface area (TPSA) is 120 Å². The van der Waals surface area contributed by atoms with Gasteiger partial charge in [0.25, 0.3) is 5.95 Å². The number of Topliss-reactive ketones (excluding diaryl/α,β-unsaturated/α-hetero) is 1. The van der Waals surface area contributed by atoms with Gasteiger partial charge in [-0.15, -0.1) is 5.10 Å². The summed E-state index contributed by atoms with van der Waals surface area (Å²) in [6.07, 6.45) is 3.84. The summed E-state index contributed by atoms with van der Waals surface area (Å²) < 4.78 is 50.1. The molecule has 1 atom stereocenters. The Morgan fingerprint density at radius 2 is 1.68 bits per heavy atom. The van der Waals surface area contributed by atoms with Crippen LogP contribution in [0.1, 0.15) is 43.7 Å². The van der Waals surface area contributed by atoms with Gasteiger partial charge < -0.3 is 9.47 Å². The summed E-state index contributed by atoms with van der Waals surface area (Å²) >= 11 is 0. The average Bonchev–Trinajstić information content (AvgIpc) is 3.48. The Bertz CT molecular complexity index is 2010. The molecule has 0 radical (unpaired) electrons. The third kappa shape index (κ3) is 7.66. The molecule has 0 N–H and O–H groups in total. The van der Waals surface area contributed by atoms with Crippen LogP contribution in [0.4, 0.5) is 20.8 Å². The van der Waals surface area contributed by atoms with Crippen molar-refractivity contribution in [2.24, 2.45) is 0 Å². The number of carbonyl (C=O) groups excluding carboxylic acids is 2. The van der Waals surface area contributed by atoms with Crippen LogP contribution in [0.2, 0.25) is 0 Å². The number of pyridine rings is 1. The minimum Gasteiger partial charge on any atom is -0.495 e. The summed E-state index contributed by atoms with van der Waals surface area (Å²) in [5, 5.41) is 4.57. The Balaban J connectivity index is 1.41. The van der Waals surface area contributed by atoms with Crippen molar-refractivity contribution in [1.29, 1.82) is 0 Å². The van der Waals surface area contributed by atoms with E-state index in [-0.39, 0.29) is 52.8 Å². The van der Waals surface area contributed by atoms with Crippen LogP contribution in [-0.4, -0.2) is 54.9 Å². The van der Waals surface area contributed by atoms with Gasteiger partial charge >= 0.3 is 6.09 Å². The summed E-state index contributed by atoms with van der Waals surface area (Å²) in [6.45, 7) is 3.97. The highest BCUT2D eigenvalue weighted by Gasteiger charge is 2.28. The van der Waals surface area contributed by atoms with E-state index in [0.29, 0.717) is 12.1 Å². The van der Waals surface area contributed by atoms with Gasteiger partial charge in [0.2, 0.25) is 0 Å². The number of ketones is 1. The molecule has 0 aliphatic carbocycles. The van der Waals surface area contributed by atoms with Crippen LogP contribution < -0.4 is 9.64 Å². The van der Waals surface area contributed by atoms with Crippen molar-refractivity contribution in [3.63, 3.8) is 0 Å². The van der Waals surface area contributed by atoms with E-state index in [2.05, 4.69) is 10.1 Å². The number of carbonyl (C=O) groups is 2. The smallest absolute Gasteiger partial charge is 0.421 e. The van der Waals surface area contributed by atoms with E-state index in [4.69, 9.17) is 9.47 Å². The Hall–Kier alpha value is -5.10. The summed E-state index contributed by atoms with van der Waals surface area (Å²) in [7, 11) is -2.16. The standard InChI is InChI=1S/C35H35FN4O6S/c1-5-6-19-46-35(42)40(30-17-16-29(47(4,43)44)21-32(30)45-3)34-37-33-18-13-27(22-39(33)38-34)26-9-7-24(8-10-26)20-31(41)23(2)25-11-14-28(36)15-12-25/h7-18,21-23H,5-6,19-20H2,1-4H3/t23-/m1/s1. The molecule has 5 aromatic rings. The van der Waals surface area contributed by atoms with Crippen molar-refractivity contribution in [3.05, 3.63) is 102 Å². The number of anilines is 2. The first-order chi connectivity index (χ1) is 22.5. The second-order valence-corrected chi connectivity index (χ2v) is 13.2. The maximum Gasteiger partial charge on any atom is 0.421 e. The molecule has 10 nitrogen and oxygen atoms in total. The van der Waals surface area contributed by atoms with Crippen LogP contribution in [0, 0.1) is 5.82 Å². The number of halogens is 1. The summed E-state index contributed by atoms with van der Waals surface area (Å²) in [5.74, 6) is -0.529. The highest BCUT2D eigenvalue weighted by Crippen LogP contribution is 2.35. The molecule has 2 aromatic heterocycles. The molecule has 0 aliphatic heterocycles. The lowest BCUT2D eigenvalue weighted by Gasteiger charge is -2.21. The van der Waals surface area contributed by atoms with Crippen LogP contribution in [-0.2, 0) is 25.8 Å². The number of fused-ring (bicyclic) bond motifs is 1. The fraction of sp³-hybridized carbons (Fsp3) is 0.257. The van der Waals surface area contributed by atoms with Crippen molar-refractivity contribution in [2.75, 3.05) is 24.9 Å². The van der Waals surface area contributed by atoms with Gasteiger partial charge in [-0.25, -0.2) is 27.0 Å². The number of benzene rings is 3. The van der Waals surface area contributed by atoms with Crippen LogP contribution in [0.25, 0.3) is 16.8 Å². The number of hydrogen-bond donors (Lipinski definition) is 0. The molecule has 0 bridgehead atoms. The van der Waals surface area contributed by atoms with Crippen molar-refractivity contribution in [3.8, 4) is 16.9 Å². The predicted molar refractivity (Wildman–Crippen MR) is 176 cm³/mol. The van der Waals surface area contributed by atoms with Crippen molar-refractivity contribution in [2.45, 2.75) is 43.9 Å². The number of aromatic nitrogens is 3. The first kappa shape index (κ1) is 33.3. The van der Waals surface area contributed by atoms with Crippen LogP contribution in [0.15, 0.2) is 90.0 Å². The van der Waals surface area contributed by atoms with Crippen LogP contribution >= 0.6 is 0 Å². The van der Waals surface area contributed by atoms with Gasteiger partial charge in [0, 0.05) is 36.4 Å². The Labute approximate surface area is 272 Å². The monoisotopic (exact) mass is 658 g/mol. The Morgan fingerprint density at radius 3 is 2.34 bits per heavy atom. The van der Waals surface area contributed by atoms with Gasteiger partial charge in [0.1, 0.15) is 17.3 Å². The normalized spacial score (nSPS) is 12.1. The molecular formula is C35H35FN4O6S. The molecule has 0 spiro atoms. The highest BCUT2D eigenvalue weighted by atomic mass is 32.2. The van der Waals surface area contributed by atoms with Gasteiger partial charge in [0.15, 0.2) is 15.5 Å². The zero-order valence-electron chi connectivity index (χ0n) is 26.5. The van der Waals surface area contributed by atoms with E-state index in [0.717, 1.165) is 39.8 Å². The Morgan fingerprint density at radius 1 is 0.979 bits per heavy atom. The number of nitrogens with zero attached hydrogens (tertiary/aromatic N) is 4. The number of sulfone groups is 1. The van der Waals surface area contributed by atoms with Gasteiger partial charge in [-0.1, -0.05) is 56.7 Å². The molecule has 5 rings (SSSR count). The number of unbranched alkanes of at least 4 members (excludes halogenated alkanes) is 1. The maximum atomic E-state index is 13.4. The third-order valence-corrected chi connectivity index (χ3v) is 8.87. The fourth-order valence-electron chi connectivity index (χ4n) is 4.97. The minimum absolute atomic E-state index is 0.0122. The molecule has 0 aliphatic rings. The molecule has 244 valence electrons. The van der Waals surface area contributed by atoms with E-state index >= 15 is 0 Å². The molecule has 2 heterocycles. The molecule has 0 unspecified atom stereocenters. The largest absolute Gasteiger partial charge is 0.495 e. The predicted octanol–water partition coefficient (Wildman–Crippen LogP) is 6.94. The number of hydrogen-bond acceptors (Lipinski definition) is 8. The number of rotatable bonds is 12. The van der Waals surface area contributed by atoms with Gasteiger partial charge in [0.05, 0.1) is 24.3 Å². The number of ether oxygens (including phenoxy) is 2. The molecule has 0 saturated heterocycles. The first-order valence-corrected chi connectivity index (χ1v) is 17.0. The van der Waals surface area contributed by atoms with Crippen molar-refractivity contribution in [1.82, 2.24) is 14.6 Å². The molecule has 3 aromatic carbocycles. The number of methoxy groups -OCH3 is 1. The zero-order valence-corrected chi connectivity index (χ0v) is 27.3. The van der Waals surface area contributed by atoms with E-state index in [1.165, 1.54) is 42.0 Å². The quantitative estimate of drug-likeness (QED) is 0.132. The van der Waals surface area contributed by atoms with E-state index in [9.17, 15) is 22.4 Å². The summed E-state index contributed by atoms with van der Waals surface area (Å²) in [6, 6.07) is 21.4. The molecule has 0 saturated carbocycles. The van der Waals surface area contributed by atoms with Crippen LogP contribution in [0.5, 0.6) is 5.75 Å². The summed E-state index contributed by atoms with van der Waals surface area (Å²) in [5.41, 5.74) is 3.99. The summed E-state index contributed by atoms with van der Waals surface area (Å²) in [4.78, 5) is 32.0. The third-order valence-electron chi connectivity index (χ3n) is 7.76. The second kappa shape index (κ2) is 14.1. The molecule has 1 amide bonds. The van der Waals surface area contributed by atoms with E-state index in [1.807, 2.05) is 44.2 Å². The molecule has 47 heavy (non-hydrogen) atoms. The Kier molecular flexibility index (Phi) is 10.00. The molecule has 0 fully saturated rings. The first-order valence-electron chi connectivity index (χ1n) is 15.1. The highest BCUT2D eigenvalue weighted by molar-refractivity contribution is 7.90. The van der Waals surface area contributed by atoms with E-state index in [1.54, 1.807) is 24.4 Å². The van der Waals surface area contributed by atoms with Crippen molar-refractivity contribution < 1.29 is 31.9 Å². The second-order valence-electron chi connectivity index (χ2n) is 11.2. The van der Waals surface area contributed by atoms with Crippen molar-refractivity contribution >= 4 is 39.0 Å². The zero-order chi connectivity index (χ0) is 33.7. The SMILES string of the molecule is CCCCOC(=O)N(c1nc2ccc(-c3ccc(CC(=O)[C@H](C)c4ccc(F)cc4)cc3)cn2n1)c1ccc(S(C)(=O)=O)cc1OC. The molecular weight excluding hydrogens is 623 g/mol. The average molecular weight is 659 g/mol. The minimum atomic E-state index is -3.54. The van der Waals surface area contributed by atoms with Gasteiger partial charge in [-0.3, -0.25) is 4.79 Å².